The lowest BCUT2D eigenvalue weighted by molar-refractivity contribution is 0.344. The molecule has 1 aromatic rings. The Balaban J connectivity index is 1.83. The molecule has 7 heteroatoms. The standard InChI is InChI=1S/C11H17N3O3S/c1-7-6-8(7)11-12-10(13-17-11)9-4-3-5-14(9)18(2,15)16/h7-9H,3-6H2,1-2H3. The van der Waals surface area contributed by atoms with Crippen molar-refractivity contribution in [3.63, 3.8) is 0 Å². The highest BCUT2D eigenvalue weighted by atomic mass is 32.2. The van der Waals surface area contributed by atoms with Gasteiger partial charge in [-0.25, -0.2) is 8.42 Å². The van der Waals surface area contributed by atoms with Crippen molar-refractivity contribution in [2.24, 2.45) is 5.92 Å². The first-order chi connectivity index (χ1) is 8.47. The molecule has 0 spiro atoms. The predicted octanol–water partition coefficient (Wildman–Crippen LogP) is 1.29. The molecule has 2 fully saturated rings. The van der Waals surface area contributed by atoms with Crippen LogP contribution in [0.3, 0.4) is 0 Å². The van der Waals surface area contributed by atoms with Gasteiger partial charge >= 0.3 is 0 Å². The Morgan fingerprint density at radius 1 is 1.44 bits per heavy atom. The van der Waals surface area contributed by atoms with Gasteiger partial charge in [0.2, 0.25) is 15.9 Å². The number of nitrogens with zero attached hydrogens (tertiary/aromatic N) is 3. The average Bonchev–Trinajstić information content (AvgIpc) is 2.75. The third-order valence-electron chi connectivity index (χ3n) is 3.81. The molecule has 18 heavy (non-hydrogen) atoms. The van der Waals surface area contributed by atoms with Crippen LogP contribution in [0.15, 0.2) is 4.52 Å². The Morgan fingerprint density at radius 3 is 2.78 bits per heavy atom. The molecule has 3 rings (SSSR count). The minimum atomic E-state index is -3.19. The fourth-order valence-corrected chi connectivity index (χ4v) is 3.72. The largest absolute Gasteiger partial charge is 0.339 e. The van der Waals surface area contributed by atoms with Crippen LogP contribution in [-0.4, -0.2) is 35.7 Å². The molecule has 1 aromatic heterocycles. The molecule has 2 heterocycles. The van der Waals surface area contributed by atoms with Gasteiger partial charge in [-0.05, 0) is 25.2 Å². The van der Waals surface area contributed by atoms with Gasteiger partial charge in [-0.1, -0.05) is 12.1 Å². The van der Waals surface area contributed by atoms with E-state index in [-0.39, 0.29) is 6.04 Å². The van der Waals surface area contributed by atoms with Crippen molar-refractivity contribution < 1.29 is 12.9 Å². The van der Waals surface area contributed by atoms with E-state index in [1.165, 1.54) is 10.6 Å². The average molecular weight is 271 g/mol. The monoisotopic (exact) mass is 271 g/mol. The lowest BCUT2D eigenvalue weighted by Crippen LogP contribution is -2.30. The van der Waals surface area contributed by atoms with E-state index in [1.54, 1.807) is 0 Å². The summed E-state index contributed by atoms with van der Waals surface area (Å²) in [4.78, 5) is 4.38. The number of rotatable bonds is 3. The number of aromatic nitrogens is 2. The van der Waals surface area contributed by atoms with E-state index in [1.807, 2.05) is 0 Å². The van der Waals surface area contributed by atoms with Crippen LogP contribution in [-0.2, 0) is 10.0 Å². The van der Waals surface area contributed by atoms with Crippen LogP contribution in [0.5, 0.6) is 0 Å². The first kappa shape index (κ1) is 12.1. The number of hydrogen-bond acceptors (Lipinski definition) is 5. The Morgan fingerprint density at radius 2 is 2.17 bits per heavy atom. The molecule has 100 valence electrons. The molecule has 1 saturated heterocycles. The summed E-state index contributed by atoms with van der Waals surface area (Å²) in [6.07, 6.45) is 3.94. The zero-order chi connectivity index (χ0) is 12.9. The van der Waals surface area contributed by atoms with Gasteiger partial charge in [0.25, 0.3) is 0 Å². The maximum absolute atomic E-state index is 11.7. The second-order valence-electron chi connectivity index (χ2n) is 5.34. The normalized spacial score (nSPS) is 32.9. The van der Waals surface area contributed by atoms with E-state index in [2.05, 4.69) is 17.1 Å². The highest BCUT2D eigenvalue weighted by Crippen LogP contribution is 2.46. The predicted molar refractivity (Wildman–Crippen MR) is 64.3 cm³/mol. The molecule has 1 aliphatic carbocycles. The van der Waals surface area contributed by atoms with Gasteiger partial charge in [0.1, 0.15) is 0 Å². The maximum atomic E-state index is 11.7. The van der Waals surface area contributed by atoms with E-state index in [0.717, 1.165) is 19.3 Å². The summed E-state index contributed by atoms with van der Waals surface area (Å²) < 4.78 is 30.0. The van der Waals surface area contributed by atoms with Gasteiger partial charge in [-0.3, -0.25) is 0 Å². The van der Waals surface area contributed by atoms with Crippen molar-refractivity contribution in [3.8, 4) is 0 Å². The van der Waals surface area contributed by atoms with Gasteiger partial charge in [-0.15, -0.1) is 0 Å². The van der Waals surface area contributed by atoms with E-state index >= 15 is 0 Å². The fraction of sp³-hybridized carbons (Fsp3) is 0.818. The minimum Gasteiger partial charge on any atom is -0.339 e. The molecule has 6 nitrogen and oxygen atoms in total. The molecule has 0 aromatic carbocycles. The molecule has 0 amide bonds. The van der Waals surface area contributed by atoms with Gasteiger partial charge in [0.15, 0.2) is 5.82 Å². The quantitative estimate of drug-likeness (QED) is 0.828. The molecular formula is C11H17N3O3S. The first-order valence-corrected chi connectivity index (χ1v) is 8.12. The minimum absolute atomic E-state index is 0.244. The van der Waals surface area contributed by atoms with E-state index in [0.29, 0.717) is 30.1 Å². The van der Waals surface area contributed by atoms with Crippen molar-refractivity contribution >= 4 is 10.0 Å². The Kier molecular flexibility index (Phi) is 2.71. The van der Waals surface area contributed by atoms with Gasteiger partial charge in [0, 0.05) is 12.5 Å². The molecule has 1 aliphatic heterocycles. The molecular weight excluding hydrogens is 254 g/mol. The van der Waals surface area contributed by atoms with Crippen LogP contribution >= 0.6 is 0 Å². The lowest BCUT2D eigenvalue weighted by Gasteiger charge is -2.18. The molecule has 0 radical (unpaired) electrons. The highest BCUT2D eigenvalue weighted by molar-refractivity contribution is 7.88. The Hall–Kier alpha value is -0.950. The van der Waals surface area contributed by atoms with Crippen molar-refractivity contribution in [3.05, 3.63) is 11.7 Å². The summed E-state index contributed by atoms with van der Waals surface area (Å²) in [5, 5.41) is 3.97. The molecule has 1 saturated carbocycles. The van der Waals surface area contributed by atoms with Gasteiger partial charge < -0.3 is 4.52 Å². The van der Waals surface area contributed by atoms with Crippen LogP contribution in [0.2, 0.25) is 0 Å². The van der Waals surface area contributed by atoms with Crippen LogP contribution in [0.25, 0.3) is 0 Å². The molecule has 3 unspecified atom stereocenters. The first-order valence-electron chi connectivity index (χ1n) is 6.27. The van der Waals surface area contributed by atoms with Crippen molar-refractivity contribution in [1.82, 2.24) is 14.4 Å². The molecule has 0 bridgehead atoms. The third-order valence-corrected chi connectivity index (χ3v) is 5.10. The smallest absolute Gasteiger partial charge is 0.230 e. The summed E-state index contributed by atoms with van der Waals surface area (Å²) in [7, 11) is -3.19. The topological polar surface area (TPSA) is 76.3 Å². The van der Waals surface area contributed by atoms with Crippen molar-refractivity contribution in [2.75, 3.05) is 12.8 Å². The summed E-state index contributed by atoms with van der Waals surface area (Å²) in [6.45, 7) is 2.69. The van der Waals surface area contributed by atoms with E-state index < -0.39 is 10.0 Å². The van der Waals surface area contributed by atoms with E-state index in [9.17, 15) is 8.42 Å². The van der Waals surface area contributed by atoms with Crippen molar-refractivity contribution in [2.45, 2.75) is 38.1 Å². The SMILES string of the molecule is CC1CC1c1nc(C2CCCN2S(C)(=O)=O)no1. The molecule has 3 atom stereocenters. The number of hydrogen-bond donors (Lipinski definition) is 0. The summed E-state index contributed by atoms with van der Waals surface area (Å²) in [6, 6.07) is -0.244. The fourth-order valence-electron chi connectivity index (χ4n) is 2.59. The summed E-state index contributed by atoms with van der Waals surface area (Å²) in [5.41, 5.74) is 0. The van der Waals surface area contributed by atoms with Crippen LogP contribution in [0.4, 0.5) is 0 Å². The second kappa shape index (κ2) is 4.03. The summed E-state index contributed by atoms with van der Waals surface area (Å²) in [5.74, 6) is 2.16. The van der Waals surface area contributed by atoms with E-state index in [4.69, 9.17) is 4.52 Å². The zero-order valence-electron chi connectivity index (χ0n) is 10.5. The van der Waals surface area contributed by atoms with Gasteiger partial charge in [-0.2, -0.15) is 9.29 Å². The summed E-state index contributed by atoms with van der Waals surface area (Å²) >= 11 is 0. The van der Waals surface area contributed by atoms with Crippen LogP contribution < -0.4 is 0 Å². The highest BCUT2D eigenvalue weighted by Gasteiger charge is 2.41. The Labute approximate surface area is 106 Å². The second-order valence-corrected chi connectivity index (χ2v) is 7.28. The Bertz CT molecular complexity index is 554. The maximum Gasteiger partial charge on any atom is 0.230 e. The van der Waals surface area contributed by atoms with Crippen molar-refractivity contribution in [1.29, 1.82) is 0 Å². The lowest BCUT2D eigenvalue weighted by atomic mass is 10.2. The third kappa shape index (κ3) is 2.05. The van der Waals surface area contributed by atoms with Gasteiger partial charge in [0.05, 0.1) is 12.3 Å². The number of sulfonamides is 1. The van der Waals surface area contributed by atoms with Crippen LogP contribution in [0, 0.1) is 5.92 Å². The zero-order valence-corrected chi connectivity index (χ0v) is 11.4. The molecule has 0 N–H and O–H groups in total. The van der Waals surface area contributed by atoms with Crippen LogP contribution in [0.1, 0.15) is 49.9 Å². The molecule has 2 aliphatic rings.